The van der Waals surface area contributed by atoms with Crippen LogP contribution in [0, 0.1) is 11.8 Å². The van der Waals surface area contributed by atoms with Gasteiger partial charge in [0.1, 0.15) is 12.1 Å². The van der Waals surface area contributed by atoms with Gasteiger partial charge in [0.2, 0.25) is 17.7 Å². The summed E-state index contributed by atoms with van der Waals surface area (Å²) in [6.07, 6.45) is 0.749. The van der Waals surface area contributed by atoms with E-state index in [-0.39, 0.29) is 43.7 Å². The third-order valence-corrected chi connectivity index (χ3v) is 4.36. The minimum atomic E-state index is -1.21. The van der Waals surface area contributed by atoms with E-state index in [1.165, 1.54) is 0 Å². The number of hydrogen-bond acceptors (Lipinski definition) is 6. The Bertz CT molecular complexity index is 648. The molecule has 3 atom stereocenters. The molecule has 0 fully saturated rings. The van der Waals surface area contributed by atoms with Crippen molar-refractivity contribution in [3.63, 3.8) is 0 Å². The number of amides is 3. The lowest BCUT2D eigenvalue weighted by molar-refractivity contribution is -0.142. The summed E-state index contributed by atoms with van der Waals surface area (Å²) >= 11 is 0. The summed E-state index contributed by atoms with van der Waals surface area (Å²) in [5.41, 5.74) is 16.2. The molecule has 0 aromatic rings. The number of aliphatic imine (C=N–C) groups is 1. The summed E-state index contributed by atoms with van der Waals surface area (Å²) in [7, 11) is 0. The fourth-order valence-electron chi connectivity index (χ4n) is 2.57. The van der Waals surface area contributed by atoms with Crippen LogP contribution in [-0.2, 0) is 19.2 Å². The molecule has 0 aromatic heterocycles. The Morgan fingerprint density at radius 1 is 0.968 bits per heavy atom. The third-order valence-electron chi connectivity index (χ3n) is 4.36. The van der Waals surface area contributed by atoms with E-state index >= 15 is 0 Å². The van der Waals surface area contributed by atoms with Crippen molar-refractivity contribution in [2.75, 3.05) is 13.1 Å². The van der Waals surface area contributed by atoms with Gasteiger partial charge in [0.05, 0.1) is 12.6 Å². The fourth-order valence-corrected chi connectivity index (χ4v) is 2.57. The molecule has 12 heteroatoms. The lowest BCUT2D eigenvalue weighted by atomic mass is 10.0. The summed E-state index contributed by atoms with van der Waals surface area (Å²) in [6, 6.07) is -2.86. The Morgan fingerprint density at radius 2 is 1.58 bits per heavy atom. The Labute approximate surface area is 182 Å². The van der Waals surface area contributed by atoms with Gasteiger partial charge in [-0.3, -0.25) is 19.4 Å². The zero-order valence-corrected chi connectivity index (χ0v) is 18.7. The number of nitrogens with one attached hydrogen (secondary N) is 3. The molecule has 0 aliphatic carbocycles. The average molecular weight is 444 g/mol. The number of guanidine groups is 1. The molecule has 178 valence electrons. The van der Waals surface area contributed by atoms with Gasteiger partial charge in [-0.2, -0.15) is 0 Å². The average Bonchev–Trinajstić information content (AvgIpc) is 2.66. The highest BCUT2D eigenvalue weighted by Gasteiger charge is 2.27. The molecular formula is C19H37N7O5. The van der Waals surface area contributed by atoms with Crippen molar-refractivity contribution in [3.05, 3.63) is 0 Å². The van der Waals surface area contributed by atoms with E-state index < -0.39 is 41.8 Å². The molecule has 0 spiro atoms. The van der Waals surface area contributed by atoms with Gasteiger partial charge in [0.15, 0.2) is 5.96 Å². The van der Waals surface area contributed by atoms with Crippen molar-refractivity contribution in [3.8, 4) is 0 Å². The Hall–Kier alpha value is -2.89. The summed E-state index contributed by atoms with van der Waals surface area (Å²) in [6.45, 7) is 7.17. The smallest absolute Gasteiger partial charge is 0.326 e. The van der Waals surface area contributed by atoms with Crippen LogP contribution < -0.4 is 33.2 Å². The Kier molecular flexibility index (Phi) is 12.9. The summed E-state index contributed by atoms with van der Waals surface area (Å²) in [5.74, 6) is -3.03. The largest absolute Gasteiger partial charge is 0.480 e. The van der Waals surface area contributed by atoms with Crippen LogP contribution in [0.25, 0.3) is 0 Å². The quantitative estimate of drug-likeness (QED) is 0.0924. The first kappa shape index (κ1) is 28.1. The lowest BCUT2D eigenvalue weighted by Crippen LogP contribution is -2.54. The van der Waals surface area contributed by atoms with Crippen LogP contribution in [-0.4, -0.2) is 66.0 Å². The molecule has 0 saturated carbocycles. The molecule has 0 heterocycles. The van der Waals surface area contributed by atoms with Crippen LogP contribution in [0.2, 0.25) is 0 Å². The Morgan fingerprint density at radius 3 is 2.06 bits per heavy atom. The SMILES string of the molecule is CC(C)CC(NC(=O)CNC(=O)C(N)C(C)C)C(=O)NC(CCCN=C(N)N)C(=O)O. The van der Waals surface area contributed by atoms with Crippen molar-refractivity contribution in [2.45, 2.75) is 65.1 Å². The van der Waals surface area contributed by atoms with Crippen molar-refractivity contribution < 1.29 is 24.3 Å². The van der Waals surface area contributed by atoms with Gasteiger partial charge >= 0.3 is 5.97 Å². The topological polar surface area (TPSA) is 215 Å². The van der Waals surface area contributed by atoms with Crippen LogP contribution in [0.3, 0.4) is 0 Å². The fraction of sp³-hybridized carbons (Fsp3) is 0.737. The van der Waals surface area contributed by atoms with E-state index in [1.54, 1.807) is 13.8 Å². The van der Waals surface area contributed by atoms with Gasteiger partial charge in [0.25, 0.3) is 0 Å². The molecule has 0 saturated heterocycles. The number of carbonyl (C=O) groups excluding carboxylic acids is 3. The maximum atomic E-state index is 12.6. The first-order valence-corrected chi connectivity index (χ1v) is 10.3. The van der Waals surface area contributed by atoms with Crippen molar-refractivity contribution in [2.24, 2.45) is 34.0 Å². The molecule has 0 radical (unpaired) electrons. The van der Waals surface area contributed by atoms with Crippen molar-refractivity contribution >= 4 is 29.7 Å². The normalized spacial score (nSPS) is 13.8. The van der Waals surface area contributed by atoms with Crippen molar-refractivity contribution in [1.82, 2.24) is 16.0 Å². The molecular weight excluding hydrogens is 406 g/mol. The van der Waals surface area contributed by atoms with Crippen LogP contribution in [0.15, 0.2) is 4.99 Å². The minimum absolute atomic E-state index is 0.0464. The van der Waals surface area contributed by atoms with E-state index in [4.69, 9.17) is 17.2 Å². The first-order valence-electron chi connectivity index (χ1n) is 10.3. The number of aliphatic carboxylic acids is 1. The van der Waals surface area contributed by atoms with E-state index in [0.717, 1.165) is 0 Å². The number of carboxylic acid groups (broad SMARTS) is 1. The minimum Gasteiger partial charge on any atom is -0.480 e. The maximum Gasteiger partial charge on any atom is 0.326 e. The second-order valence-corrected chi connectivity index (χ2v) is 8.09. The number of carbonyl (C=O) groups is 4. The number of carboxylic acids is 1. The highest BCUT2D eigenvalue weighted by Crippen LogP contribution is 2.07. The summed E-state index contributed by atoms with van der Waals surface area (Å²) < 4.78 is 0. The molecule has 0 aliphatic heterocycles. The molecule has 0 aliphatic rings. The molecule has 3 amide bonds. The molecule has 0 rings (SSSR count). The van der Waals surface area contributed by atoms with Crippen LogP contribution in [0.5, 0.6) is 0 Å². The standard InChI is InChI=1S/C19H37N7O5/c1-10(2)8-13(25-14(27)9-24-17(29)15(20)11(3)4)16(28)26-12(18(30)31)6-5-7-23-19(21)22/h10-13,15H,5-9,20H2,1-4H3,(H,24,29)(H,25,27)(H,26,28)(H,30,31)(H4,21,22,23). The first-order chi connectivity index (χ1) is 14.3. The second kappa shape index (κ2) is 14.2. The number of nitrogens with two attached hydrogens (primary N) is 3. The van der Waals surface area contributed by atoms with Crippen LogP contribution >= 0.6 is 0 Å². The molecule has 3 unspecified atom stereocenters. The number of hydrogen-bond donors (Lipinski definition) is 7. The third kappa shape index (κ3) is 12.4. The number of rotatable bonds is 14. The van der Waals surface area contributed by atoms with Gasteiger partial charge in [-0.25, -0.2) is 4.79 Å². The molecule has 12 nitrogen and oxygen atoms in total. The van der Waals surface area contributed by atoms with Gasteiger partial charge in [0, 0.05) is 6.54 Å². The highest BCUT2D eigenvalue weighted by atomic mass is 16.4. The maximum absolute atomic E-state index is 12.6. The zero-order valence-electron chi connectivity index (χ0n) is 18.7. The van der Waals surface area contributed by atoms with E-state index in [9.17, 15) is 24.3 Å². The van der Waals surface area contributed by atoms with E-state index in [1.807, 2.05) is 13.8 Å². The molecule has 0 aromatic carbocycles. The van der Waals surface area contributed by atoms with E-state index in [2.05, 4.69) is 20.9 Å². The molecule has 10 N–H and O–H groups in total. The van der Waals surface area contributed by atoms with Gasteiger partial charge in [-0.15, -0.1) is 0 Å². The van der Waals surface area contributed by atoms with Crippen LogP contribution in [0.1, 0.15) is 47.0 Å². The van der Waals surface area contributed by atoms with Crippen molar-refractivity contribution in [1.29, 1.82) is 0 Å². The van der Waals surface area contributed by atoms with Gasteiger partial charge in [-0.1, -0.05) is 27.7 Å². The summed E-state index contributed by atoms with van der Waals surface area (Å²) in [4.78, 5) is 52.0. The lowest BCUT2D eigenvalue weighted by Gasteiger charge is -2.23. The monoisotopic (exact) mass is 443 g/mol. The second-order valence-electron chi connectivity index (χ2n) is 8.09. The molecule has 31 heavy (non-hydrogen) atoms. The van der Waals surface area contributed by atoms with Gasteiger partial charge < -0.3 is 38.3 Å². The predicted molar refractivity (Wildman–Crippen MR) is 117 cm³/mol. The predicted octanol–water partition coefficient (Wildman–Crippen LogP) is -1.76. The van der Waals surface area contributed by atoms with Crippen LogP contribution in [0.4, 0.5) is 0 Å². The highest BCUT2D eigenvalue weighted by molar-refractivity contribution is 5.92. The van der Waals surface area contributed by atoms with Gasteiger partial charge in [-0.05, 0) is 31.1 Å². The zero-order chi connectivity index (χ0) is 24.1. The molecule has 0 bridgehead atoms. The Balaban J connectivity index is 4.93. The number of nitrogens with zero attached hydrogens (tertiary/aromatic N) is 1. The summed E-state index contributed by atoms with van der Waals surface area (Å²) in [5, 5.41) is 16.8. The van der Waals surface area contributed by atoms with E-state index in [0.29, 0.717) is 6.42 Å².